The third kappa shape index (κ3) is 5.34. The zero-order valence-corrected chi connectivity index (χ0v) is 11.6. The maximum absolute atomic E-state index is 10.1. The highest BCUT2D eigenvalue weighted by molar-refractivity contribution is 7.98. The van der Waals surface area contributed by atoms with Gasteiger partial charge in [-0.05, 0) is 27.3 Å². The van der Waals surface area contributed by atoms with E-state index in [1.165, 1.54) is 6.33 Å². The smallest absolute Gasteiger partial charge is 0.130 e. The van der Waals surface area contributed by atoms with Crippen molar-refractivity contribution in [2.45, 2.75) is 17.6 Å². The van der Waals surface area contributed by atoms with Crippen molar-refractivity contribution in [3.8, 4) is 0 Å². The summed E-state index contributed by atoms with van der Waals surface area (Å²) in [6.45, 7) is 2.85. The lowest BCUT2D eigenvalue weighted by Crippen LogP contribution is -2.43. The molecular weight excluding hydrogens is 236 g/mol. The van der Waals surface area contributed by atoms with Crippen molar-refractivity contribution in [2.75, 3.05) is 38.8 Å². The summed E-state index contributed by atoms with van der Waals surface area (Å²) in [6.07, 6.45) is 3.49. The molecule has 1 rings (SSSR count). The molecule has 5 nitrogen and oxygen atoms in total. The fraction of sp³-hybridized carbons (Fsp3) is 0.636. The van der Waals surface area contributed by atoms with Gasteiger partial charge in [0.2, 0.25) is 0 Å². The van der Waals surface area contributed by atoms with Gasteiger partial charge in [0.25, 0.3) is 0 Å². The minimum atomic E-state index is -0.784. The average Bonchev–Trinajstić information content (AvgIpc) is 2.25. The van der Waals surface area contributed by atoms with E-state index in [1.807, 2.05) is 31.3 Å². The largest absolute Gasteiger partial charge is 0.387 e. The molecule has 0 saturated heterocycles. The van der Waals surface area contributed by atoms with Crippen molar-refractivity contribution in [3.63, 3.8) is 0 Å². The summed E-state index contributed by atoms with van der Waals surface area (Å²) >= 11 is 1.57. The highest BCUT2D eigenvalue weighted by Gasteiger charge is 2.21. The van der Waals surface area contributed by atoms with E-state index < -0.39 is 5.60 Å². The molecule has 0 amide bonds. The van der Waals surface area contributed by atoms with Gasteiger partial charge in [-0.25, -0.2) is 9.97 Å². The van der Waals surface area contributed by atoms with E-state index in [0.29, 0.717) is 13.1 Å². The number of thioether (sulfide) groups is 1. The number of aliphatic hydroxyl groups is 1. The predicted octanol–water partition coefficient (Wildman–Crippen LogP) is 0.923. The lowest BCUT2D eigenvalue weighted by atomic mass is 10.1. The van der Waals surface area contributed by atoms with Gasteiger partial charge >= 0.3 is 0 Å². The molecule has 2 N–H and O–H groups in total. The third-order valence-electron chi connectivity index (χ3n) is 2.16. The summed E-state index contributed by atoms with van der Waals surface area (Å²) < 4.78 is 0. The number of nitrogens with zero attached hydrogens (tertiary/aromatic N) is 3. The number of hydrogen-bond donors (Lipinski definition) is 2. The molecule has 1 unspecified atom stereocenters. The zero-order valence-electron chi connectivity index (χ0n) is 10.8. The number of likely N-dealkylation sites (N-methyl/N-ethyl adjacent to an activating group) is 1. The Morgan fingerprint density at radius 1 is 1.47 bits per heavy atom. The molecule has 1 aromatic heterocycles. The summed E-state index contributed by atoms with van der Waals surface area (Å²) in [5.74, 6) is 0.739. The molecule has 0 aliphatic carbocycles. The van der Waals surface area contributed by atoms with Crippen molar-refractivity contribution >= 4 is 17.6 Å². The Labute approximate surface area is 107 Å². The van der Waals surface area contributed by atoms with Crippen molar-refractivity contribution in [1.82, 2.24) is 14.9 Å². The molecule has 6 heteroatoms. The normalized spacial score (nSPS) is 14.7. The standard InChI is InChI=1S/C11H20N4OS/c1-11(16,7-15(2)3)6-12-9-5-10(17-4)14-8-13-9/h5,8,16H,6-7H2,1-4H3,(H,12,13,14). The van der Waals surface area contributed by atoms with Crippen LogP contribution in [0.5, 0.6) is 0 Å². The molecule has 0 aliphatic heterocycles. The second-order valence-electron chi connectivity index (χ2n) is 4.53. The second kappa shape index (κ2) is 6.18. The van der Waals surface area contributed by atoms with Crippen LogP contribution in [0.2, 0.25) is 0 Å². The maximum Gasteiger partial charge on any atom is 0.130 e. The summed E-state index contributed by atoms with van der Waals surface area (Å²) in [6, 6.07) is 1.87. The highest BCUT2D eigenvalue weighted by atomic mass is 32.2. The quantitative estimate of drug-likeness (QED) is 0.583. The highest BCUT2D eigenvalue weighted by Crippen LogP contribution is 2.14. The Kier molecular flexibility index (Phi) is 5.17. The molecule has 0 saturated carbocycles. The maximum atomic E-state index is 10.1. The summed E-state index contributed by atoms with van der Waals surface area (Å²) in [4.78, 5) is 10.2. The van der Waals surface area contributed by atoms with Gasteiger partial charge in [-0.15, -0.1) is 11.8 Å². The molecule has 1 aromatic rings. The molecular formula is C11H20N4OS. The molecule has 0 bridgehead atoms. The first-order chi connectivity index (χ1) is 7.93. The fourth-order valence-corrected chi connectivity index (χ4v) is 1.95. The zero-order chi connectivity index (χ0) is 12.9. The van der Waals surface area contributed by atoms with Crippen LogP contribution in [0, 0.1) is 0 Å². The van der Waals surface area contributed by atoms with E-state index in [4.69, 9.17) is 0 Å². The Morgan fingerprint density at radius 3 is 2.76 bits per heavy atom. The molecule has 1 heterocycles. The van der Waals surface area contributed by atoms with Crippen LogP contribution in [0.3, 0.4) is 0 Å². The minimum absolute atomic E-state index is 0.454. The van der Waals surface area contributed by atoms with E-state index in [9.17, 15) is 5.11 Å². The average molecular weight is 256 g/mol. The minimum Gasteiger partial charge on any atom is -0.387 e. The van der Waals surface area contributed by atoms with Crippen molar-refractivity contribution in [1.29, 1.82) is 0 Å². The van der Waals surface area contributed by atoms with E-state index in [2.05, 4.69) is 15.3 Å². The molecule has 17 heavy (non-hydrogen) atoms. The van der Waals surface area contributed by atoms with Crippen LogP contribution >= 0.6 is 11.8 Å². The Balaban J connectivity index is 2.54. The molecule has 1 atom stereocenters. The van der Waals surface area contributed by atoms with Crippen LogP contribution in [0.4, 0.5) is 5.82 Å². The van der Waals surface area contributed by atoms with Crippen molar-refractivity contribution in [2.24, 2.45) is 0 Å². The summed E-state index contributed by atoms with van der Waals surface area (Å²) in [5.41, 5.74) is -0.784. The third-order valence-corrected chi connectivity index (χ3v) is 2.80. The molecule has 0 fully saturated rings. The molecule has 0 spiro atoms. The molecule has 96 valence electrons. The topological polar surface area (TPSA) is 61.3 Å². The van der Waals surface area contributed by atoms with E-state index in [1.54, 1.807) is 18.7 Å². The van der Waals surface area contributed by atoms with Crippen LogP contribution < -0.4 is 5.32 Å². The van der Waals surface area contributed by atoms with Gasteiger partial charge in [0, 0.05) is 19.2 Å². The van der Waals surface area contributed by atoms with Crippen LogP contribution in [0.25, 0.3) is 0 Å². The van der Waals surface area contributed by atoms with Gasteiger partial charge in [-0.3, -0.25) is 0 Å². The van der Waals surface area contributed by atoms with Crippen LogP contribution in [0.15, 0.2) is 17.4 Å². The predicted molar refractivity (Wildman–Crippen MR) is 71.5 cm³/mol. The van der Waals surface area contributed by atoms with Gasteiger partial charge in [0.1, 0.15) is 17.2 Å². The summed E-state index contributed by atoms with van der Waals surface area (Å²) in [5, 5.41) is 14.2. The van der Waals surface area contributed by atoms with Gasteiger partial charge in [-0.2, -0.15) is 0 Å². The Bertz CT molecular complexity index is 357. The van der Waals surface area contributed by atoms with Crippen molar-refractivity contribution < 1.29 is 5.11 Å². The van der Waals surface area contributed by atoms with Crippen LogP contribution in [-0.4, -0.2) is 59.0 Å². The van der Waals surface area contributed by atoms with Crippen molar-refractivity contribution in [3.05, 3.63) is 12.4 Å². The fourth-order valence-electron chi connectivity index (χ4n) is 1.57. The van der Waals surface area contributed by atoms with E-state index >= 15 is 0 Å². The van der Waals surface area contributed by atoms with E-state index in [-0.39, 0.29) is 0 Å². The first-order valence-corrected chi connectivity index (χ1v) is 6.62. The molecule has 0 aromatic carbocycles. The lowest BCUT2D eigenvalue weighted by molar-refractivity contribution is 0.0459. The Morgan fingerprint density at radius 2 is 2.18 bits per heavy atom. The SMILES string of the molecule is CSc1cc(NCC(C)(O)CN(C)C)ncn1. The number of anilines is 1. The monoisotopic (exact) mass is 256 g/mol. The Hall–Kier alpha value is -0.850. The first kappa shape index (κ1) is 14.2. The number of aromatic nitrogens is 2. The number of rotatable bonds is 6. The van der Waals surface area contributed by atoms with Crippen LogP contribution in [0.1, 0.15) is 6.92 Å². The van der Waals surface area contributed by atoms with Gasteiger partial charge in [0.05, 0.1) is 5.60 Å². The lowest BCUT2D eigenvalue weighted by Gasteiger charge is -2.27. The molecule has 0 radical (unpaired) electrons. The van der Waals surface area contributed by atoms with Crippen LogP contribution in [-0.2, 0) is 0 Å². The van der Waals surface area contributed by atoms with Gasteiger partial charge in [-0.1, -0.05) is 0 Å². The van der Waals surface area contributed by atoms with Gasteiger partial charge in [0.15, 0.2) is 0 Å². The number of hydrogen-bond acceptors (Lipinski definition) is 6. The second-order valence-corrected chi connectivity index (χ2v) is 5.36. The first-order valence-electron chi connectivity index (χ1n) is 5.40. The molecule has 0 aliphatic rings. The summed E-state index contributed by atoms with van der Waals surface area (Å²) in [7, 11) is 3.87. The van der Waals surface area contributed by atoms with Gasteiger partial charge < -0.3 is 15.3 Å². The number of nitrogens with one attached hydrogen (secondary N) is 1. The van der Waals surface area contributed by atoms with E-state index in [0.717, 1.165) is 10.8 Å².